The second-order valence-electron chi connectivity index (χ2n) is 6.62. The molecule has 0 bridgehead atoms. The molecule has 9 nitrogen and oxygen atoms in total. The van der Waals surface area contributed by atoms with Crippen molar-refractivity contribution in [2.24, 2.45) is 0 Å². The molecule has 3 amide bonds. The monoisotopic (exact) mass is 409 g/mol. The first kappa shape index (κ1) is 19.1. The number of hydrogen-bond acceptors (Lipinski definition) is 5. The molecule has 1 aliphatic heterocycles. The van der Waals surface area contributed by atoms with Crippen LogP contribution in [-0.4, -0.2) is 32.6 Å². The molecule has 2 heterocycles. The van der Waals surface area contributed by atoms with Crippen LogP contribution in [0.1, 0.15) is 28.4 Å². The fraction of sp³-hybridized carbons (Fsp3) is 0.100. The normalized spacial score (nSPS) is 15.1. The average Bonchev–Trinajstić information content (AvgIpc) is 3.13. The third kappa shape index (κ3) is 3.70. The van der Waals surface area contributed by atoms with Crippen molar-refractivity contribution in [1.82, 2.24) is 20.6 Å². The van der Waals surface area contributed by atoms with Gasteiger partial charge >= 0.3 is 0 Å². The standard InChI is InChI=1S/C20H16FN5O4/c21-11-6-7-13-14(9-17(28)22-15(13)8-11)19(29)23-24-20(30)18-16(27)10-26(25-18)12-4-2-1-3-5-12/h1-8,10,14,27H,9H2,(H,22,28)(H,23,29)(H,24,30). The number of nitrogens with one attached hydrogen (secondary N) is 3. The van der Waals surface area contributed by atoms with Crippen LogP contribution in [0.5, 0.6) is 5.75 Å². The van der Waals surface area contributed by atoms with Crippen LogP contribution >= 0.6 is 0 Å². The van der Waals surface area contributed by atoms with Gasteiger partial charge in [-0.25, -0.2) is 9.07 Å². The summed E-state index contributed by atoms with van der Waals surface area (Å²) in [6, 6.07) is 12.6. The van der Waals surface area contributed by atoms with E-state index in [0.29, 0.717) is 11.3 Å². The molecule has 1 unspecified atom stereocenters. The highest BCUT2D eigenvalue weighted by Gasteiger charge is 2.31. The number of aromatic hydroxyl groups is 1. The molecule has 0 fully saturated rings. The van der Waals surface area contributed by atoms with Gasteiger partial charge in [0, 0.05) is 12.1 Å². The first-order valence-corrected chi connectivity index (χ1v) is 8.96. The van der Waals surface area contributed by atoms with Crippen molar-refractivity contribution in [1.29, 1.82) is 0 Å². The van der Waals surface area contributed by atoms with Gasteiger partial charge in [-0.05, 0) is 29.8 Å². The van der Waals surface area contributed by atoms with Crippen LogP contribution < -0.4 is 16.2 Å². The molecule has 2 aromatic carbocycles. The van der Waals surface area contributed by atoms with Gasteiger partial charge < -0.3 is 10.4 Å². The maximum atomic E-state index is 13.4. The first-order valence-electron chi connectivity index (χ1n) is 8.96. The van der Waals surface area contributed by atoms with Gasteiger partial charge in [0.15, 0.2) is 11.4 Å². The smallest absolute Gasteiger partial charge is 0.294 e. The van der Waals surface area contributed by atoms with E-state index in [1.54, 1.807) is 24.3 Å². The SMILES string of the molecule is O=C1CC(C(=O)NNC(=O)c2nn(-c3ccccc3)cc2O)c2ccc(F)cc2N1. The van der Waals surface area contributed by atoms with E-state index in [1.807, 2.05) is 6.07 Å². The summed E-state index contributed by atoms with van der Waals surface area (Å²) in [4.78, 5) is 36.8. The Morgan fingerprint density at radius 1 is 1.17 bits per heavy atom. The largest absolute Gasteiger partial charge is 0.504 e. The Labute approximate surface area is 169 Å². The van der Waals surface area contributed by atoms with Crippen molar-refractivity contribution in [2.45, 2.75) is 12.3 Å². The summed E-state index contributed by atoms with van der Waals surface area (Å²) in [5, 5.41) is 16.6. The minimum atomic E-state index is -0.912. The summed E-state index contributed by atoms with van der Waals surface area (Å²) in [7, 11) is 0. The Hall–Kier alpha value is -4.21. The first-order chi connectivity index (χ1) is 14.4. The van der Waals surface area contributed by atoms with E-state index in [9.17, 15) is 23.9 Å². The van der Waals surface area contributed by atoms with E-state index in [2.05, 4.69) is 21.3 Å². The van der Waals surface area contributed by atoms with E-state index in [-0.39, 0.29) is 23.6 Å². The Bertz CT molecular complexity index is 1150. The van der Waals surface area contributed by atoms with Gasteiger partial charge in [0.2, 0.25) is 11.8 Å². The summed E-state index contributed by atoms with van der Waals surface area (Å²) in [6.45, 7) is 0. The van der Waals surface area contributed by atoms with Gasteiger partial charge in [-0.3, -0.25) is 25.2 Å². The van der Waals surface area contributed by atoms with Crippen LogP contribution in [0.15, 0.2) is 54.7 Å². The third-order valence-corrected chi connectivity index (χ3v) is 4.60. The molecule has 30 heavy (non-hydrogen) atoms. The van der Waals surface area contributed by atoms with Gasteiger partial charge in [0.05, 0.1) is 17.8 Å². The van der Waals surface area contributed by atoms with Crippen LogP contribution in [0.2, 0.25) is 0 Å². The number of para-hydroxylation sites is 1. The number of hydrogen-bond donors (Lipinski definition) is 4. The number of carbonyl (C=O) groups is 3. The lowest BCUT2D eigenvalue weighted by atomic mass is 9.90. The lowest BCUT2D eigenvalue weighted by molar-refractivity contribution is -0.126. The lowest BCUT2D eigenvalue weighted by Gasteiger charge is -2.24. The molecule has 1 atom stereocenters. The Morgan fingerprint density at radius 3 is 2.70 bits per heavy atom. The van der Waals surface area contributed by atoms with Crippen molar-refractivity contribution in [3.05, 3.63) is 71.8 Å². The van der Waals surface area contributed by atoms with Crippen LogP contribution in [0.3, 0.4) is 0 Å². The molecule has 152 valence electrons. The maximum Gasteiger partial charge on any atom is 0.294 e. The van der Waals surface area contributed by atoms with Gasteiger partial charge in [-0.1, -0.05) is 24.3 Å². The zero-order chi connectivity index (χ0) is 21.3. The van der Waals surface area contributed by atoms with Gasteiger partial charge in [-0.15, -0.1) is 0 Å². The number of aromatic nitrogens is 2. The molecule has 10 heteroatoms. The number of hydrazine groups is 1. The molecule has 0 radical (unpaired) electrons. The summed E-state index contributed by atoms with van der Waals surface area (Å²) >= 11 is 0. The van der Waals surface area contributed by atoms with Gasteiger partial charge in [-0.2, -0.15) is 5.10 Å². The van der Waals surface area contributed by atoms with Crippen LogP contribution in [0, 0.1) is 5.82 Å². The molecule has 0 saturated carbocycles. The topological polar surface area (TPSA) is 125 Å². The fourth-order valence-corrected chi connectivity index (χ4v) is 3.18. The zero-order valence-corrected chi connectivity index (χ0v) is 15.4. The number of nitrogens with zero attached hydrogens (tertiary/aromatic N) is 2. The van der Waals surface area contributed by atoms with E-state index < -0.39 is 29.5 Å². The second-order valence-corrected chi connectivity index (χ2v) is 6.62. The van der Waals surface area contributed by atoms with Gasteiger partial charge in [0.25, 0.3) is 5.91 Å². The Kier molecular flexibility index (Phi) is 4.88. The molecule has 1 aromatic heterocycles. The molecule has 4 rings (SSSR count). The molecule has 0 saturated heterocycles. The number of rotatable bonds is 3. The summed E-state index contributed by atoms with van der Waals surface area (Å²) in [5.41, 5.74) is 5.39. The fourth-order valence-electron chi connectivity index (χ4n) is 3.18. The molecule has 1 aliphatic rings. The van der Waals surface area contributed by atoms with E-state index in [4.69, 9.17) is 0 Å². The van der Waals surface area contributed by atoms with Crippen molar-refractivity contribution < 1.29 is 23.9 Å². The Balaban J connectivity index is 1.47. The van der Waals surface area contributed by atoms with Crippen molar-refractivity contribution in [3.8, 4) is 11.4 Å². The average molecular weight is 409 g/mol. The van der Waals surface area contributed by atoms with E-state index >= 15 is 0 Å². The van der Waals surface area contributed by atoms with Crippen molar-refractivity contribution >= 4 is 23.4 Å². The van der Waals surface area contributed by atoms with E-state index in [0.717, 1.165) is 6.07 Å². The molecule has 0 aliphatic carbocycles. The minimum absolute atomic E-state index is 0.159. The third-order valence-electron chi connectivity index (χ3n) is 4.60. The number of halogens is 1. The van der Waals surface area contributed by atoms with Crippen LogP contribution in [0.4, 0.5) is 10.1 Å². The summed E-state index contributed by atoms with van der Waals surface area (Å²) in [6.07, 6.45) is 1.11. The maximum absolute atomic E-state index is 13.4. The highest BCUT2D eigenvalue weighted by atomic mass is 19.1. The van der Waals surface area contributed by atoms with Crippen molar-refractivity contribution in [2.75, 3.05) is 5.32 Å². The number of anilines is 1. The predicted octanol–water partition coefficient (Wildman–Crippen LogP) is 1.60. The summed E-state index contributed by atoms with van der Waals surface area (Å²) in [5.74, 6) is -3.77. The van der Waals surface area contributed by atoms with Crippen LogP contribution in [0.25, 0.3) is 5.69 Å². The lowest BCUT2D eigenvalue weighted by Crippen LogP contribution is -2.45. The predicted molar refractivity (Wildman–Crippen MR) is 103 cm³/mol. The molecular weight excluding hydrogens is 393 g/mol. The minimum Gasteiger partial charge on any atom is -0.504 e. The van der Waals surface area contributed by atoms with Gasteiger partial charge in [0.1, 0.15) is 5.82 Å². The quantitative estimate of drug-likeness (QED) is 0.489. The highest BCUT2D eigenvalue weighted by Crippen LogP contribution is 2.32. The molecule has 0 spiro atoms. The number of benzene rings is 2. The zero-order valence-electron chi connectivity index (χ0n) is 15.4. The second kappa shape index (κ2) is 7.66. The molecule has 3 aromatic rings. The van der Waals surface area contributed by atoms with Crippen LogP contribution in [-0.2, 0) is 9.59 Å². The number of amides is 3. The number of carbonyl (C=O) groups excluding carboxylic acids is 3. The number of fused-ring (bicyclic) bond motifs is 1. The Morgan fingerprint density at radius 2 is 1.93 bits per heavy atom. The molecule has 4 N–H and O–H groups in total. The molecular formula is C20H16FN5O4. The van der Waals surface area contributed by atoms with Crippen molar-refractivity contribution in [3.63, 3.8) is 0 Å². The van der Waals surface area contributed by atoms with E-state index in [1.165, 1.54) is 23.0 Å². The highest BCUT2D eigenvalue weighted by molar-refractivity contribution is 6.02. The summed E-state index contributed by atoms with van der Waals surface area (Å²) < 4.78 is 14.7.